The van der Waals surface area contributed by atoms with Crippen molar-refractivity contribution < 1.29 is 4.79 Å². The zero-order valence-electron chi connectivity index (χ0n) is 9.73. The number of rotatable bonds is 7. The van der Waals surface area contributed by atoms with Crippen LogP contribution in [-0.4, -0.2) is 12.5 Å². The highest BCUT2D eigenvalue weighted by atomic mass is 16.1. The smallest absolute Gasteiger partial charge is 0.243 e. The van der Waals surface area contributed by atoms with Crippen molar-refractivity contribution in [3.8, 4) is 0 Å². The summed E-state index contributed by atoms with van der Waals surface area (Å²) in [7, 11) is 0. The Bertz CT molecular complexity index is 189. The molecule has 0 aliphatic carbocycles. The molecule has 1 amide bonds. The molecular weight excluding hydrogens is 174 g/mol. The number of hydrogen-bond acceptors (Lipinski definition) is 1. The maximum absolute atomic E-state index is 11.0. The third-order valence-electron chi connectivity index (χ3n) is 2.86. The summed E-state index contributed by atoms with van der Waals surface area (Å²) >= 11 is 0. The molecule has 0 aromatic rings. The predicted octanol–water partition coefficient (Wildman–Crippen LogP) is 2.90. The second kappa shape index (κ2) is 6.63. The Morgan fingerprint density at radius 1 is 1.50 bits per heavy atom. The minimum absolute atomic E-state index is 0.0684. The summed E-state index contributed by atoms with van der Waals surface area (Å²) in [6, 6.07) is 0. The highest BCUT2D eigenvalue weighted by Gasteiger charge is 2.21. The topological polar surface area (TPSA) is 29.1 Å². The average Bonchev–Trinajstić information content (AvgIpc) is 2.23. The van der Waals surface area contributed by atoms with E-state index in [0.717, 1.165) is 13.0 Å². The van der Waals surface area contributed by atoms with Crippen molar-refractivity contribution in [2.45, 2.75) is 46.5 Å². The van der Waals surface area contributed by atoms with Gasteiger partial charge in [0.2, 0.25) is 5.91 Å². The molecule has 0 rings (SSSR count). The maximum atomic E-state index is 11.0. The quantitative estimate of drug-likeness (QED) is 0.625. The van der Waals surface area contributed by atoms with E-state index in [2.05, 4.69) is 32.7 Å². The first-order valence-corrected chi connectivity index (χ1v) is 5.48. The fourth-order valence-corrected chi connectivity index (χ4v) is 1.37. The molecule has 0 saturated heterocycles. The molecule has 14 heavy (non-hydrogen) atoms. The predicted molar refractivity (Wildman–Crippen MR) is 61.1 cm³/mol. The van der Waals surface area contributed by atoms with Gasteiger partial charge in [-0.2, -0.15) is 0 Å². The Balaban J connectivity index is 3.97. The van der Waals surface area contributed by atoms with Crippen LogP contribution in [0, 0.1) is 5.41 Å². The molecule has 1 N–H and O–H groups in total. The SMILES string of the molecule is C=CC(=O)NCC(C)(CC)CCCC. The zero-order valence-corrected chi connectivity index (χ0v) is 9.73. The normalized spacial score (nSPS) is 14.5. The van der Waals surface area contributed by atoms with Crippen LogP contribution in [0.2, 0.25) is 0 Å². The molecule has 0 bridgehead atoms. The molecule has 0 aliphatic rings. The number of hydrogen-bond donors (Lipinski definition) is 1. The van der Waals surface area contributed by atoms with E-state index in [4.69, 9.17) is 0 Å². The minimum atomic E-state index is -0.0684. The largest absolute Gasteiger partial charge is 0.352 e. The Labute approximate surface area is 87.8 Å². The van der Waals surface area contributed by atoms with Crippen molar-refractivity contribution in [3.05, 3.63) is 12.7 Å². The van der Waals surface area contributed by atoms with E-state index in [9.17, 15) is 4.79 Å². The molecule has 0 fully saturated rings. The van der Waals surface area contributed by atoms with E-state index >= 15 is 0 Å². The van der Waals surface area contributed by atoms with E-state index in [0.29, 0.717) is 0 Å². The first kappa shape index (κ1) is 13.2. The van der Waals surface area contributed by atoms with Crippen LogP contribution in [0.5, 0.6) is 0 Å². The molecule has 0 aromatic carbocycles. The molecule has 82 valence electrons. The minimum Gasteiger partial charge on any atom is -0.352 e. The first-order chi connectivity index (χ1) is 6.58. The molecule has 0 saturated carbocycles. The van der Waals surface area contributed by atoms with Crippen molar-refractivity contribution in [3.63, 3.8) is 0 Å². The van der Waals surface area contributed by atoms with Crippen molar-refractivity contribution in [1.29, 1.82) is 0 Å². The first-order valence-electron chi connectivity index (χ1n) is 5.48. The van der Waals surface area contributed by atoms with Gasteiger partial charge >= 0.3 is 0 Å². The third kappa shape index (κ3) is 5.05. The van der Waals surface area contributed by atoms with Crippen LogP contribution in [0.1, 0.15) is 46.5 Å². The Kier molecular flexibility index (Phi) is 6.26. The van der Waals surface area contributed by atoms with Crippen LogP contribution in [0.25, 0.3) is 0 Å². The average molecular weight is 197 g/mol. The van der Waals surface area contributed by atoms with Gasteiger partial charge < -0.3 is 5.32 Å². The lowest BCUT2D eigenvalue weighted by molar-refractivity contribution is -0.117. The van der Waals surface area contributed by atoms with Crippen LogP contribution < -0.4 is 5.32 Å². The lowest BCUT2D eigenvalue weighted by atomic mass is 9.82. The van der Waals surface area contributed by atoms with Gasteiger partial charge in [-0.3, -0.25) is 4.79 Å². The van der Waals surface area contributed by atoms with Gasteiger partial charge in [0.1, 0.15) is 0 Å². The van der Waals surface area contributed by atoms with Gasteiger partial charge in [-0.05, 0) is 24.3 Å². The standard InChI is InChI=1S/C12H23NO/c1-5-8-9-12(4,7-3)10-13-11(14)6-2/h6H,2,5,7-10H2,1,3-4H3,(H,13,14). The summed E-state index contributed by atoms with van der Waals surface area (Å²) in [5.74, 6) is -0.0684. The number of unbranched alkanes of at least 4 members (excludes halogenated alkanes) is 1. The lowest BCUT2D eigenvalue weighted by Crippen LogP contribution is -2.34. The molecule has 0 heterocycles. The molecule has 1 unspecified atom stereocenters. The Morgan fingerprint density at radius 3 is 2.57 bits per heavy atom. The summed E-state index contributed by atoms with van der Waals surface area (Å²) in [6.45, 7) is 10.8. The van der Waals surface area contributed by atoms with Crippen molar-refractivity contribution in [1.82, 2.24) is 5.32 Å². The molecule has 1 atom stereocenters. The van der Waals surface area contributed by atoms with Gasteiger partial charge in [0.25, 0.3) is 0 Å². The second-order valence-corrected chi connectivity index (χ2v) is 4.19. The van der Waals surface area contributed by atoms with E-state index < -0.39 is 0 Å². The van der Waals surface area contributed by atoms with Gasteiger partial charge in [-0.1, -0.05) is 40.2 Å². The van der Waals surface area contributed by atoms with Crippen LogP contribution in [0.3, 0.4) is 0 Å². The number of carbonyl (C=O) groups excluding carboxylic acids is 1. The summed E-state index contributed by atoms with van der Waals surface area (Å²) in [6.07, 6.45) is 6.05. The Morgan fingerprint density at radius 2 is 2.14 bits per heavy atom. The second-order valence-electron chi connectivity index (χ2n) is 4.19. The van der Waals surface area contributed by atoms with Crippen molar-refractivity contribution >= 4 is 5.91 Å². The van der Waals surface area contributed by atoms with Crippen LogP contribution in [0.15, 0.2) is 12.7 Å². The van der Waals surface area contributed by atoms with Crippen molar-refractivity contribution in [2.75, 3.05) is 6.54 Å². The molecule has 0 spiro atoms. The van der Waals surface area contributed by atoms with Crippen molar-refractivity contribution in [2.24, 2.45) is 5.41 Å². The summed E-state index contributed by atoms with van der Waals surface area (Å²) < 4.78 is 0. The van der Waals surface area contributed by atoms with E-state index in [1.54, 1.807) is 0 Å². The summed E-state index contributed by atoms with van der Waals surface area (Å²) in [4.78, 5) is 11.0. The van der Waals surface area contributed by atoms with Gasteiger partial charge in [0.05, 0.1) is 0 Å². The number of nitrogens with one attached hydrogen (secondary N) is 1. The molecule has 0 aromatic heterocycles. The highest BCUT2D eigenvalue weighted by Crippen LogP contribution is 2.26. The molecule has 2 nitrogen and oxygen atoms in total. The fraction of sp³-hybridized carbons (Fsp3) is 0.750. The van der Waals surface area contributed by atoms with E-state index in [1.165, 1.54) is 25.3 Å². The zero-order chi connectivity index (χ0) is 11.0. The summed E-state index contributed by atoms with van der Waals surface area (Å²) in [5, 5.41) is 2.88. The van der Waals surface area contributed by atoms with Gasteiger partial charge in [0.15, 0.2) is 0 Å². The van der Waals surface area contributed by atoms with Crippen LogP contribution in [0.4, 0.5) is 0 Å². The lowest BCUT2D eigenvalue weighted by Gasteiger charge is -2.28. The van der Waals surface area contributed by atoms with E-state index in [1.807, 2.05) is 0 Å². The molecular formula is C12H23NO. The molecule has 0 radical (unpaired) electrons. The third-order valence-corrected chi connectivity index (χ3v) is 2.86. The Hall–Kier alpha value is -0.790. The molecule has 0 aliphatic heterocycles. The van der Waals surface area contributed by atoms with Gasteiger partial charge in [0, 0.05) is 6.54 Å². The van der Waals surface area contributed by atoms with Crippen LogP contribution >= 0.6 is 0 Å². The van der Waals surface area contributed by atoms with Crippen LogP contribution in [-0.2, 0) is 4.79 Å². The molecule has 2 heteroatoms. The van der Waals surface area contributed by atoms with E-state index in [-0.39, 0.29) is 11.3 Å². The van der Waals surface area contributed by atoms with Gasteiger partial charge in [-0.25, -0.2) is 0 Å². The number of amides is 1. The maximum Gasteiger partial charge on any atom is 0.243 e. The highest BCUT2D eigenvalue weighted by molar-refractivity contribution is 5.86. The number of carbonyl (C=O) groups is 1. The monoisotopic (exact) mass is 197 g/mol. The fourth-order valence-electron chi connectivity index (χ4n) is 1.37. The summed E-state index contributed by atoms with van der Waals surface area (Å²) in [5.41, 5.74) is 0.245. The van der Waals surface area contributed by atoms with Gasteiger partial charge in [-0.15, -0.1) is 0 Å².